The molecule has 1 rings (SSSR count). The van der Waals surface area contributed by atoms with E-state index in [9.17, 15) is 12.9 Å². The summed E-state index contributed by atoms with van der Waals surface area (Å²) in [6.07, 6.45) is 1.39. The summed E-state index contributed by atoms with van der Waals surface area (Å²) in [6.45, 7) is -3.15. The summed E-state index contributed by atoms with van der Waals surface area (Å²) in [5.41, 5.74) is 5.52. The van der Waals surface area contributed by atoms with Gasteiger partial charge in [0.25, 0.3) is 0 Å². The van der Waals surface area contributed by atoms with E-state index < -0.39 is 13.3 Å². The first-order chi connectivity index (χ1) is 6.38. The van der Waals surface area contributed by atoms with Crippen molar-refractivity contribution in [3.8, 4) is 0 Å². The molecule has 15 heavy (non-hydrogen) atoms. The predicted octanol–water partition coefficient (Wildman–Crippen LogP) is -1.57. The molecule has 0 saturated heterocycles. The molecule has 0 fully saturated rings. The molecule has 0 amide bonds. The number of nitrogens with zero attached hydrogens (tertiary/aromatic N) is 2. The Morgan fingerprint density at radius 2 is 1.80 bits per heavy atom. The van der Waals surface area contributed by atoms with Gasteiger partial charge >= 0.3 is 58.4 Å². The maximum Gasteiger partial charge on any atom is 1.00 e. The van der Waals surface area contributed by atoms with Crippen molar-refractivity contribution >= 4 is 6.98 Å². The number of rotatable bonds is 3. The van der Waals surface area contributed by atoms with Gasteiger partial charge in [-0.15, -0.1) is 0 Å². The average molecular weight is 243 g/mol. The summed E-state index contributed by atoms with van der Waals surface area (Å²) >= 11 is 0. The fraction of sp³-hybridized carbons (Fsp3) is 0.429. The van der Waals surface area contributed by atoms with Crippen molar-refractivity contribution in [3.05, 3.63) is 23.8 Å². The molecular weight excluding hydrogens is 233 g/mol. The first kappa shape index (κ1) is 15.5. The van der Waals surface area contributed by atoms with Gasteiger partial charge < -0.3 is 18.7 Å². The molecular formula is C7H10BF3KN3. The van der Waals surface area contributed by atoms with E-state index in [4.69, 9.17) is 5.73 Å². The van der Waals surface area contributed by atoms with E-state index in [1.807, 2.05) is 0 Å². The molecule has 0 aliphatic rings. The Kier molecular flexibility index (Phi) is 6.54. The fourth-order valence-corrected chi connectivity index (χ4v) is 0.973. The second kappa shape index (κ2) is 6.31. The van der Waals surface area contributed by atoms with Gasteiger partial charge in [-0.1, -0.05) is 6.32 Å². The minimum Gasteiger partial charge on any atom is -0.449 e. The molecule has 0 aromatic carbocycles. The first-order valence-corrected chi connectivity index (χ1v) is 4.16. The third-order valence-corrected chi connectivity index (χ3v) is 1.60. The molecule has 1 aromatic heterocycles. The Hall–Kier alpha value is 0.531. The summed E-state index contributed by atoms with van der Waals surface area (Å²) in [5.74, 6) is 0.350. The van der Waals surface area contributed by atoms with E-state index in [1.165, 1.54) is 12.4 Å². The number of halogens is 3. The van der Waals surface area contributed by atoms with Gasteiger partial charge in [-0.2, -0.15) is 0 Å². The zero-order chi connectivity index (χ0) is 10.8. The van der Waals surface area contributed by atoms with Crippen LogP contribution < -0.4 is 57.1 Å². The van der Waals surface area contributed by atoms with Gasteiger partial charge in [-0.3, -0.25) is 0 Å². The third-order valence-electron chi connectivity index (χ3n) is 1.60. The summed E-state index contributed by atoms with van der Waals surface area (Å²) in [5, 5.41) is 0. The van der Waals surface area contributed by atoms with Gasteiger partial charge in [0.05, 0.1) is 6.04 Å². The van der Waals surface area contributed by atoms with Crippen LogP contribution in [0.15, 0.2) is 12.4 Å². The molecule has 1 heterocycles. The van der Waals surface area contributed by atoms with Crippen molar-refractivity contribution in [2.24, 2.45) is 5.73 Å². The summed E-state index contributed by atoms with van der Waals surface area (Å²) < 4.78 is 35.9. The van der Waals surface area contributed by atoms with E-state index >= 15 is 0 Å². The maximum absolute atomic E-state index is 12.0. The van der Waals surface area contributed by atoms with Gasteiger partial charge in [-0.25, -0.2) is 9.97 Å². The summed E-state index contributed by atoms with van der Waals surface area (Å²) in [4.78, 5) is 7.47. The maximum atomic E-state index is 12.0. The van der Waals surface area contributed by atoms with Gasteiger partial charge in [0.2, 0.25) is 0 Å². The summed E-state index contributed by atoms with van der Waals surface area (Å²) in [6, 6.07) is -0.361. The molecule has 1 aromatic rings. The van der Waals surface area contributed by atoms with Gasteiger partial charge in [0.1, 0.15) is 5.82 Å². The van der Waals surface area contributed by atoms with Crippen LogP contribution >= 0.6 is 0 Å². The molecule has 0 spiro atoms. The number of hydrogen-bond donors (Lipinski definition) is 1. The van der Waals surface area contributed by atoms with Crippen LogP contribution in [0.5, 0.6) is 0 Å². The molecule has 8 heteroatoms. The molecule has 78 valence electrons. The van der Waals surface area contributed by atoms with Gasteiger partial charge in [0, 0.05) is 12.4 Å². The normalized spacial score (nSPS) is 13.1. The van der Waals surface area contributed by atoms with Crippen LogP contribution in [0.4, 0.5) is 12.9 Å². The van der Waals surface area contributed by atoms with Gasteiger partial charge in [-0.05, 0) is 12.5 Å². The van der Waals surface area contributed by atoms with E-state index in [2.05, 4.69) is 9.97 Å². The van der Waals surface area contributed by atoms with Gasteiger partial charge in [0.15, 0.2) is 0 Å². The zero-order valence-electron chi connectivity index (χ0n) is 8.62. The fourth-order valence-electron chi connectivity index (χ4n) is 0.973. The van der Waals surface area contributed by atoms with Crippen molar-refractivity contribution in [3.63, 3.8) is 0 Å². The third kappa shape index (κ3) is 5.98. The van der Waals surface area contributed by atoms with Crippen molar-refractivity contribution in [2.75, 3.05) is 0 Å². The molecule has 1 atom stereocenters. The van der Waals surface area contributed by atoms with Crippen molar-refractivity contribution in [1.29, 1.82) is 0 Å². The zero-order valence-corrected chi connectivity index (χ0v) is 11.7. The second-order valence-corrected chi connectivity index (χ2v) is 3.15. The smallest absolute Gasteiger partial charge is 0.449 e. The van der Waals surface area contributed by atoms with Crippen LogP contribution in [0.1, 0.15) is 24.4 Å². The molecule has 3 nitrogen and oxygen atoms in total. The number of hydrogen-bond acceptors (Lipinski definition) is 3. The monoisotopic (exact) mass is 243 g/mol. The first-order valence-electron chi connectivity index (χ1n) is 4.16. The Labute approximate surface area is 129 Å². The Balaban J connectivity index is 0.00000196. The van der Waals surface area contributed by atoms with E-state index in [0.717, 1.165) is 0 Å². The van der Waals surface area contributed by atoms with Crippen molar-refractivity contribution < 1.29 is 64.3 Å². The van der Waals surface area contributed by atoms with E-state index in [1.54, 1.807) is 6.92 Å². The molecule has 0 saturated carbocycles. The minimum absolute atomic E-state index is 0. The predicted molar refractivity (Wildman–Crippen MR) is 47.4 cm³/mol. The SMILES string of the molecule is CC(N)c1ncc(C[B-](F)(F)F)cn1.[K+]. The molecule has 0 aliphatic carbocycles. The Morgan fingerprint density at radius 1 is 1.33 bits per heavy atom. The van der Waals surface area contributed by atoms with E-state index in [0.29, 0.717) is 5.82 Å². The van der Waals surface area contributed by atoms with Crippen molar-refractivity contribution in [2.45, 2.75) is 19.3 Å². The molecule has 0 bridgehead atoms. The summed E-state index contributed by atoms with van der Waals surface area (Å²) in [7, 11) is 0. The quantitative estimate of drug-likeness (QED) is 0.652. The minimum atomic E-state index is -4.82. The van der Waals surface area contributed by atoms with Crippen LogP contribution in [-0.2, 0) is 6.32 Å². The van der Waals surface area contributed by atoms with Crippen LogP contribution in [-0.4, -0.2) is 16.9 Å². The van der Waals surface area contributed by atoms with Crippen LogP contribution in [0.3, 0.4) is 0 Å². The average Bonchev–Trinajstić information content (AvgIpc) is 2.02. The topological polar surface area (TPSA) is 51.8 Å². The Morgan fingerprint density at radius 3 is 2.13 bits per heavy atom. The number of aromatic nitrogens is 2. The standard InChI is InChI=1S/C7H10BF3N3.K/c1-5(12)7-13-3-6(4-14-7)2-8(9,10)11;/h3-5H,2,12H2,1H3;/q-1;+1. The van der Waals surface area contributed by atoms with E-state index in [-0.39, 0.29) is 63.0 Å². The van der Waals surface area contributed by atoms with Crippen LogP contribution in [0.2, 0.25) is 0 Å². The number of nitrogens with two attached hydrogens (primary N) is 1. The molecule has 2 N–H and O–H groups in total. The molecule has 0 aliphatic heterocycles. The Bertz CT molecular complexity index is 301. The molecule has 1 unspecified atom stereocenters. The van der Waals surface area contributed by atoms with Crippen LogP contribution in [0, 0.1) is 0 Å². The molecule has 0 radical (unpaired) electrons. The largest absolute Gasteiger partial charge is 1.00 e. The van der Waals surface area contributed by atoms with Crippen molar-refractivity contribution in [1.82, 2.24) is 9.97 Å². The second-order valence-electron chi connectivity index (χ2n) is 3.15. The van der Waals surface area contributed by atoms with Crippen LogP contribution in [0.25, 0.3) is 0 Å².